The van der Waals surface area contributed by atoms with Gasteiger partial charge in [-0.2, -0.15) is 26.3 Å². The fourth-order valence-electron chi connectivity index (χ4n) is 1.12. The molecule has 0 spiro atoms. The summed E-state index contributed by atoms with van der Waals surface area (Å²) in [5.41, 5.74) is -6.14. The van der Waals surface area contributed by atoms with Gasteiger partial charge in [-0.1, -0.05) is 24.3 Å². The third-order valence-electron chi connectivity index (χ3n) is 1.96. The molecule has 0 aliphatic carbocycles. The molecule has 0 saturated heterocycles. The van der Waals surface area contributed by atoms with Gasteiger partial charge in [-0.25, -0.2) is 0 Å². The summed E-state index contributed by atoms with van der Waals surface area (Å²) in [6.45, 7) is 0. The minimum absolute atomic E-state index is 0.515. The fraction of sp³-hybridized carbons (Fsp3) is 0.333. The van der Waals surface area contributed by atoms with Gasteiger partial charge in [0, 0.05) is 5.56 Å². The Bertz CT molecular complexity index is 339. The van der Waals surface area contributed by atoms with Gasteiger partial charge in [-0.05, 0) is 6.07 Å². The zero-order valence-corrected chi connectivity index (χ0v) is 7.52. The van der Waals surface area contributed by atoms with Crippen LogP contribution in [0.25, 0.3) is 0 Å². The van der Waals surface area contributed by atoms with Crippen molar-refractivity contribution in [2.75, 3.05) is 0 Å². The zero-order chi connectivity index (χ0) is 12.6. The molecule has 16 heavy (non-hydrogen) atoms. The molecule has 0 aliphatic rings. The first-order chi connectivity index (χ1) is 7.11. The molecule has 0 heterocycles. The average molecular weight is 243 g/mol. The Morgan fingerprint density at radius 2 is 1.25 bits per heavy atom. The third-order valence-corrected chi connectivity index (χ3v) is 1.96. The van der Waals surface area contributed by atoms with Gasteiger partial charge >= 0.3 is 12.4 Å². The van der Waals surface area contributed by atoms with E-state index in [9.17, 15) is 26.3 Å². The molecule has 1 nitrogen and oxygen atoms in total. The van der Waals surface area contributed by atoms with Gasteiger partial charge in [0.1, 0.15) is 0 Å². The van der Waals surface area contributed by atoms with E-state index < -0.39 is 23.5 Å². The summed E-state index contributed by atoms with van der Waals surface area (Å²) in [4.78, 5) is 0. The van der Waals surface area contributed by atoms with Crippen LogP contribution < -0.4 is 0 Å². The quantitative estimate of drug-likeness (QED) is 0.752. The monoisotopic (exact) mass is 243 g/mol. The molecule has 0 atom stereocenters. The van der Waals surface area contributed by atoms with Crippen LogP contribution in [0.2, 0.25) is 0 Å². The first-order valence-corrected chi connectivity index (χ1v) is 3.93. The summed E-state index contributed by atoms with van der Waals surface area (Å²) < 4.78 is 73.8. The molecule has 0 fully saturated rings. The number of benzene rings is 1. The molecule has 7 heteroatoms. The Balaban J connectivity index is 3.39. The van der Waals surface area contributed by atoms with Gasteiger partial charge in [-0.15, -0.1) is 0 Å². The molecule has 1 N–H and O–H groups in total. The zero-order valence-electron chi connectivity index (χ0n) is 7.52. The number of aliphatic hydroxyl groups is 1. The molecule has 0 saturated carbocycles. The van der Waals surface area contributed by atoms with E-state index in [4.69, 9.17) is 5.11 Å². The second-order valence-corrected chi connectivity index (χ2v) is 2.99. The van der Waals surface area contributed by atoms with Crippen LogP contribution in [0.15, 0.2) is 24.3 Å². The molecule has 0 aliphatic heterocycles. The number of hydrogen-bond acceptors (Lipinski definition) is 1. The van der Waals surface area contributed by atoms with E-state index in [2.05, 4.69) is 6.07 Å². The summed E-state index contributed by atoms with van der Waals surface area (Å²) in [7, 11) is 0. The molecule has 1 aromatic carbocycles. The topological polar surface area (TPSA) is 20.2 Å². The van der Waals surface area contributed by atoms with Crippen LogP contribution in [0, 0.1) is 6.07 Å². The third kappa shape index (κ3) is 1.87. The largest absolute Gasteiger partial charge is 0.430 e. The van der Waals surface area contributed by atoms with Crippen LogP contribution in [-0.4, -0.2) is 17.5 Å². The molecule has 0 amide bonds. The van der Waals surface area contributed by atoms with Crippen LogP contribution in [0.3, 0.4) is 0 Å². The standard InChI is InChI=1S/C9H5F6O/c10-8(11,12)7(16,9(13,14)15)6-4-2-1-3-5-6/h2-5,16H. The number of rotatable bonds is 1. The molecule has 1 aromatic rings. The Morgan fingerprint density at radius 3 is 1.56 bits per heavy atom. The maximum Gasteiger partial charge on any atom is 0.430 e. The molecule has 0 bridgehead atoms. The predicted molar refractivity (Wildman–Crippen MR) is 41.3 cm³/mol. The predicted octanol–water partition coefficient (Wildman–Crippen LogP) is 2.80. The van der Waals surface area contributed by atoms with E-state index in [-0.39, 0.29) is 0 Å². The second-order valence-electron chi connectivity index (χ2n) is 2.99. The van der Waals surface area contributed by atoms with Gasteiger partial charge in [0.05, 0.1) is 0 Å². The van der Waals surface area contributed by atoms with E-state index in [1.165, 1.54) is 0 Å². The molecular formula is C9H5F6O. The van der Waals surface area contributed by atoms with Crippen molar-refractivity contribution in [1.29, 1.82) is 0 Å². The van der Waals surface area contributed by atoms with Crippen molar-refractivity contribution >= 4 is 0 Å². The highest BCUT2D eigenvalue weighted by atomic mass is 19.4. The van der Waals surface area contributed by atoms with Crippen LogP contribution in [-0.2, 0) is 5.60 Å². The highest BCUT2D eigenvalue weighted by Gasteiger charge is 2.71. The Kier molecular flexibility index (Phi) is 2.93. The van der Waals surface area contributed by atoms with E-state index in [1.54, 1.807) is 0 Å². The summed E-state index contributed by atoms with van der Waals surface area (Å²) in [5.74, 6) is 0. The molecule has 0 aromatic heterocycles. The number of alkyl halides is 6. The molecule has 1 radical (unpaired) electrons. The van der Waals surface area contributed by atoms with Crippen LogP contribution in [0.1, 0.15) is 5.56 Å². The highest BCUT2D eigenvalue weighted by Crippen LogP contribution is 2.49. The summed E-state index contributed by atoms with van der Waals surface area (Å²) >= 11 is 0. The van der Waals surface area contributed by atoms with Crippen molar-refractivity contribution < 1.29 is 31.4 Å². The van der Waals surface area contributed by atoms with E-state index in [0.29, 0.717) is 12.1 Å². The normalized spacial score (nSPS) is 13.9. The van der Waals surface area contributed by atoms with Crippen molar-refractivity contribution in [3.8, 4) is 0 Å². The van der Waals surface area contributed by atoms with Gasteiger partial charge < -0.3 is 5.11 Å². The SMILES string of the molecule is OC(c1cc[c]cc1)(C(F)(F)F)C(F)(F)F. The Hall–Kier alpha value is -1.24. The molecular weight excluding hydrogens is 238 g/mol. The van der Waals surface area contributed by atoms with Crippen LogP contribution in [0.4, 0.5) is 26.3 Å². The highest BCUT2D eigenvalue weighted by molar-refractivity contribution is 5.25. The lowest BCUT2D eigenvalue weighted by Crippen LogP contribution is -2.53. The maximum atomic E-state index is 12.3. The van der Waals surface area contributed by atoms with Crippen molar-refractivity contribution in [3.63, 3.8) is 0 Å². The molecule has 0 unspecified atom stereocenters. The van der Waals surface area contributed by atoms with E-state index >= 15 is 0 Å². The van der Waals surface area contributed by atoms with Crippen LogP contribution >= 0.6 is 0 Å². The number of halogens is 6. The minimum atomic E-state index is -5.84. The number of hydrogen-bond donors (Lipinski definition) is 1. The second kappa shape index (κ2) is 3.65. The van der Waals surface area contributed by atoms with Crippen molar-refractivity contribution in [2.45, 2.75) is 18.0 Å². The average Bonchev–Trinajstić information content (AvgIpc) is 2.14. The lowest BCUT2D eigenvalue weighted by Gasteiger charge is -2.32. The van der Waals surface area contributed by atoms with E-state index in [1.807, 2.05) is 0 Å². The summed E-state index contributed by atoms with van der Waals surface area (Å²) in [5, 5.41) is 8.89. The van der Waals surface area contributed by atoms with Crippen molar-refractivity contribution in [3.05, 3.63) is 35.9 Å². The first-order valence-electron chi connectivity index (χ1n) is 3.93. The summed E-state index contributed by atoms with van der Waals surface area (Å²) in [6.07, 6.45) is -11.7. The minimum Gasteiger partial charge on any atom is -0.369 e. The summed E-state index contributed by atoms with van der Waals surface area (Å²) in [6, 6.07) is 5.01. The van der Waals surface area contributed by atoms with Crippen LogP contribution in [0.5, 0.6) is 0 Å². The fourth-order valence-corrected chi connectivity index (χ4v) is 1.12. The van der Waals surface area contributed by atoms with Gasteiger partial charge in [0.15, 0.2) is 0 Å². The van der Waals surface area contributed by atoms with Gasteiger partial charge in [0.25, 0.3) is 5.60 Å². The van der Waals surface area contributed by atoms with Gasteiger partial charge in [0.2, 0.25) is 0 Å². The van der Waals surface area contributed by atoms with Crippen molar-refractivity contribution in [2.24, 2.45) is 0 Å². The Morgan fingerprint density at radius 1 is 0.875 bits per heavy atom. The molecule has 1 rings (SSSR count). The first kappa shape index (κ1) is 12.8. The molecule has 89 valence electrons. The lowest BCUT2D eigenvalue weighted by atomic mass is 9.92. The van der Waals surface area contributed by atoms with Gasteiger partial charge in [-0.3, -0.25) is 0 Å². The lowest BCUT2D eigenvalue weighted by molar-refractivity contribution is -0.376. The maximum absolute atomic E-state index is 12.3. The van der Waals surface area contributed by atoms with Crippen molar-refractivity contribution in [1.82, 2.24) is 0 Å². The smallest absolute Gasteiger partial charge is 0.369 e. The van der Waals surface area contributed by atoms with E-state index in [0.717, 1.165) is 12.1 Å². The Labute approximate surface area is 86.3 Å².